The average Bonchev–Trinajstić information content (AvgIpc) is 3.65. The zero-order chi connectivity index (χ0) is 31.3. The van der Waals surface area contributed by atoms with E-state index in [4.69, 9.17) is 4.42 Å². The van der Waals surface area contributed by atoms with Crippen LogP contribution in [0.4, 0.5) is 10.1 Å². The van der Waals surface area contributed by atoms with Gasteiger partial charge < -0.3 is 30.2 Å². The first-order valence-corrected chi connectivity index (χ1v) is 14.1. The number of nitrogens with one attached hydrogen (secondary N) is 3. The Morgan fingerprint density at radius 3 is 2.40 bits per heavy atom. The van der Waals surface area contributed by atoms with Gasteiger partial charge in [0.2, 0.25) is 11.8 Å². The number of carbonyl (C=O) groups excluding carboxylic acids is 4. The Hall–Kier alpha value is -4.59. The molecule has 0 aliphatic carbocycles. The Kier molecular flexibility index (Phi) is 9.91. The van der Waals surface area contributed by atoms with Crippen LogP contribution in [0.2, 0.25) is 0 Å². The quantitative estimate of drug-likeness (QED) is 0.320. The summed E-state index contributed by atoms with van der Waals surface area (Å²) in [5.74, 6) is -3.03. The topological polar surface area (TPSA) is 155 Å². The van der Waals surface area contributed by atoms with Crippen LogP contribution in [0.25, 0.3) is 0 Å². The van der Waals surface area contributed by atoms with E-state index >= 15 is 4.39 Å². The van der Waals surface area contributed by atoms with Gasteiger partial charge in [-0.05, 0) is 44.7 Å². The molecule has 1 saturated heterocycles. The molecule has 13 nitrogen and oxygen atoms in total. The number of aromatic nitrogens is 3. The fraction of sp³-hybridized carbons (Fsp3) is 0.448. The summed E-state index contributed by atoms with van der Waals surface area (Å²) < 4.78 is 21.9. The summed E-state index contributed by atoms with van der Waals surface area (Å²) in [5, 5.41) is 11.9. The van der Waals surface area contributed by atoms with Crippen LogP contribution in [0.1, 0.15) is 59.1 Å². The first-order valence-electron chi connectivity index (χ1n) is 14.1. The second-order valence-electron chi connectivity index (χ2n) is 10.6. The smallest absolute Gasteiger partial charge is 0.273 e. The molecule has 3 aromatic rings. The third kappa shape index (κ3) is 7.44. The minimum atomic E-state index is -1.01. The second kappa shape index (κ2) is 13.6. The number of oxazole rings is 1. The molecule has 43 heavy (non-hydrogen) atoms. The molecule has 1 aliphatic rings. The number of benzene rings is 1. The second-order valence-corrected chi connectivity index (χ2v) is 10.6. The summed E-state index contributed by atoms with van der Waals surface area (Å²) in [5.41, 5.74) is 0.682. The van der Waals surface area contributed by atoms with Gasteiger partial charge in [-0.25, -0.2) is 9.37 Å². The zero-order valence-electron chi connectivity index (χ0n) is 24.9. The van der Waals surface area contributed by atoms with Crippen molar-refractivity contribution in [1.29, 1.82) is 0 Å². The number of anilines is 1. The largest absolute Gasteiger partial charge is 0.448 e. The van der Waals surface area contributed by atoms with Crippen LogP contribution in [-0.4, -0.2) is 93.5 Å². The molecule has 2 aromatic heterocycles. The van der Waals surface area contributed by atoms with Crippen LogP contribution in [0.5, 0.6) is 0 Å². The highest BCUT2D eigenvalue weighted by atomic mass is 19.1. The van der Waals surface area contributed by atoms with E-state index in [1.54, 1.807) is 30.9 Å². The molecule has 1 aliphatic heterocycles. The van der Waals surface area contributed by atoms with Gasteiger partial charge >= 0.3 is 0 Å². The van der Waals surface area contributed by atoms with Gasteiger partial charge in [-0.3, -0.25) is 23.9 Å². The molecule has 14 heteroatoms. The first-order chi connectivity index (χ1) is 20.5. The monoisotopic (exact) mass is 596 g/mol. The van der Waals surface area contributed by atoms with E-state index < -0.39 is 41.5 Å². The van der Waals surface area contributed by atoms with Crippen LogP contribution in [0.3, 0.4) is 0 Å². The van der Waals surface area contributed by atoms with Gasteiger partial charge in [-0.1, -0.05) is 13.0 Å². The number of halogens is 1. The predicted molar refractivity (Wildman–Crippen MR) is 155 cm³/mol. The van der Waals surface area contributed by atoms with E-state index in [9.17, 15) is 19.2 Å². The molecule has 4 rings (SSSR count). The average molecular weight is 597 g/mol. The predicted octanol–water partition coefficient (Wildman–Crippen LogP) is 1.77. The van der Waals surface area contributed by atoms with Crippen molar-refractivity contribution in [3.8, 4) is 0 Å². The van der Waals surface area contributed by atoms with E-state index in [2.05, 4.69) is 30.9 Å². The van der Waals surface area contributed by atoms with Crippen molar-refractivity contribution < 1.29 is 28.0 Å². The number of amides is 4. The summed E-state index contributed by atoms with van der Waals surface area (Å²) in [6.07, 6.45) is 2.71. The Morgan fingerprint density at radius 1 is 1.05 bits per heavy atom. The highest BCUT2D eigenvalue weighted by Gasteiger charge is 2.34. The van der Waals surface area contributed by atoms with Gasteiger partial charge in [-0.15, -0.1) is 0 Å². The Bertz CT molecular complexity index is 1480. The van der Waals surface area contributed by atoms with Crippen molar-refractivity contribution in [2.75, 3.05) is 38.5 Å². The number of hydrogen-bond acceptors (Lipinski definition) is 8. The van der Waals surface area contributed by atoms with Gasteiger partial charge in [0, 0.05) is 51.8 Å². The third-order valence-corrected chi connectivity index (χ3v) is 7.49. The van der Waals surface area contributed by atoms with E-state index in [0.717, 1.165) is 0 Å². The van der Waals surface area contributed by atoms with Crippen molar-refractivity contribution in [2.45, 2.75) is 52.2 Å². The van der Waals surface area contributed by atoms with Gasteiger partial charge in [0.15, 0.2) is 11.6 Å². The molecule has 230 valence electrons. The van der Waals surface area contributed by atoms with Gasteiger partial charge in [0.05, 0.1) is 5.69 Å². The molecule has 0 spiro atoms. The molecule has 0 bridgehead atoms. The summed E-state index contributed by atoms with van der Waals surface area (Å²) in [7, 11) is 1.97. The summed E-state index contributed by atoms with van der Waals surface area (Å²) in [4.78, 5) is 59.8. The van der Waals surface area contributed by atoms with Crippen LogP contribution in [0, 0.1) is 12.7 Å². The highest BCUT2D eigenvalue weighted by molar-refractivity contribution is 6.00. The van der Waals surface area contributed by atoms with E-state index in [-0.39, 0.29) is 17.3 Å². The lowest BCUT2D eigenvalue weighted by Gasteiger charge is -2.36. The third-order valence-electron chi connectivity index (χ3n) is 7.49. The van der Waals surface area contributed by atoms with Crippen LogP contribution < -0.4 is 16.0 Å². The first kappa shape index (κ1) is 31.3. The molecular weight excluding hydrogens is 559 g/mol. The number of aryl methyl sites for hydroxylation is 2. The Morgan fingerprint density at radius 2 is 1.77 bits per heavy atom. The number of piperazine rings is 1. The number of hydrogen-bond donors (Lipinski definition) is 3. The summed E-state index contributed by atoms with van der Waals surface area (Å²) in [6, 6.07) is 3.76. The van der Waals surface area contributed by atoms with Crippen molar-refractivity contribution in [1.82, 2.24) is 35.2 Å². The molecule has 1 fully saturated rings. The molecule has 3 N–H and O–H groups in total. The summed E-state index contributed by atoms with van der Waals surface area (Å²) in [6.45, 7) is 9.49. The van der Waals surface area contributed by atoms with Crippen LogP contribution in [0.15, 0.2) is 41.1 Å². The lowest BCUT2D eigenvalue weighted by molar-refractivity contribution is -0.135. The Labute approximate surface area is 248 Å². The molecule has 0 unspecified atom stereocenters. The van der Waals surface area contributed by atoms with E-state index in [0.29, 0.717) is 49.9 Å². The minimum absolute atomic E-state index is 0.0329. The number of likely N-dealkylation sites (N-methyl/N-ethyl adjacent to an activating group) is 1. The van der Waals surface area contributed by atoms with Gasteiger partial charge in [0.25, 0.3) is 11.8 Å². The molecule has 3 atom stereocenters. The van der Waals surface area contributed by atoms with E-state index in [1.165, 1.54) is 36.2 Å². The normalized spacial score (nSPS) is 15.8. The van der Waals surface area contributed by atoms with E-state index in [1.807, 2.05) is 14.0 Å². The van der Waals surface area contributed by atoms with Crippen molar-refractivity contribution in [3.05, 3.63) is 65.4 Å². The van der Waals surface area contributed by atoms with Gasteiger partial charge in [-0.2, -0.15) is 5.10 Å². The fourth-order valence-electron chi connectivity index (χ4n) is 4.77. The molecule has 1 aromatic carbocycles. The van der Waals surface area contributed by atoms with Gasteiger partial charge in [0.1, 0.15) is 29.9 Å². The molecule has 4 amide bonds. The number of nitrogens with zero attached hydrogens (tertiary/aromatic N) is 5. The number of rotatable bonds is 10. The maximum Gasteiger partial charge on any atom is 0.273 e. The lowest BCUT2D eigenvalue weighted by atomic mass is 9.91. The highest BCUT2D eigenvalue weighted by Crippen LogP contribution is 2.26. The minimum Gasteiger partial charge on any atom is -0.448 e. The number of carbonyl (C=O) groups is 4. The summed E-state index contributed by atoms with van der Waals surface area (Å²) >= 11 is 0. The SMILES string of the molecule is CCn1nccc1C(=O)N[C@@H](C)C(=O)Nc1ccc([C@H](C)[C@@H](NC(=O)c2coc(C)n2)C(=O)N2CCN(C)CC2)cc1F. The molecule has 3 heterocycles. The maximum atomic E-state index is 15.3. The van der Waals surface area contributed by atoms with Crippen molar-refractivity contribution in [2.24, 2.45) is 0 Å². The Balaban J connectivity index is 1.47. The molecular formula is C29H37FN8O5. The van der Waals surface area contributed by atoms with Crippen LogP contribution in [-0.2, 0) is 16.1 Å². The zero-order valence-corrected chi connectivity index (χ0v) is 24.9. The fourth-order valence-corrected chi connectivity index (χ4v) is 4.77. The maximum absolute atomic E-state index is 15.3. The van der Waals surface area contributed by atoms with Crippen molar-refractivity contribution in [3.63, 3.8) is 0 Å². The molecule has 0 radical (unpaired) electrons. The van der Waals surface area contributed by atoms with Crippen molar-refractivity contribution >= 4 is 29.3 Å². The van der Waals surface area contributed by atoms with Crippen LogP contribution >= 0.6 is 0 Å². The lowest BCUT2D eigenvalue weighted by Crippen LogP contribution is -2.55. The molecule has 0 saturated carbocycles. The standard InChI is InChI=1S/C29H37FN8O5/c1-6-38-24(9-10-31-38)28(41)32-18(3)26(39)34-22-8-7-20(15-21(22)30)17(2)25(29(42)37-13-11-36(5)12-14-37)35-27(40)23-16-43-19(4)33-23/h7-10,15-18,25H,6,11-14H2,1-5H3,(H,32,41)(H,34,39)(H,35,40)/t17-,18-,25+/m0/s1.